The second-order valence-electron chi connectivity index (χ2n) is 5.35. The number of sulfone groups is 1. The van der Waals surface area contributed by atoms with Crippen LogP contribution in [0.1, 0.15) is 19.3 Å². The van der Waals surface area contributed by atoms with Gasteiger partial charge in [-0.1, -0.05) is 18.2 Å². The first-order valence-corrected chi connectivity index (χ1v) is 8.76. The third-order valence-corrected chi connectivity index (χ3v) is 4.84. The van der Waals surface area contributed by atoms with E-state index in [-0.39, 0.29) is 16.8 Å². The van der Waals surface area contributed by atoms with E-state index in [1.807, 2.05) is 30.3 Å². The normalized spacial score (nSPS) is 15.7. The molecule has 0 spiro atoms. The second kappa shape index (κ2) is 5.07. The lowest BCUT2D eigenvalue weighted by Gasteiger charge is -2.26. The minimum absolute atomic E-state index is 0.0817. The summed E-state index contributed by atoms with van der Waals surface area (Å²) in [5.41, 5.74) is 6.78. The van der Waals surface area contributed by atoms with Crippen molar-refractivity contribution in [2.45, 2.75) is 30.2 Å². The summed E-state index contributed by atoms with van der Waals surface area (Å²) >= 11 is 0. The predicted octanol–water partition coefficient (Wildman–Crippen LogP) is 1.82. The number of nitrogens with one attached hydrogen (secondary N) is 1. The molecule has 3 rings (SSSR count). The molecule has 7 heteroatoms. The maximum absolute atomic E-state index is 12.0. The Bertz CT molecular complexity index is 749. The van der Waals surface area contributed by atoms with Gasteiger partial charge in [0.15, 0.2) is 20.6 Å². The molecule has 21 heavy (non-hydrogen) atoms. The molecule has 1 aromatic heterocycles. The highest BCUT2D eigenvalue weighted by atomic mass is 32.2. The van der Waals surface area contributed by atoms with Gasteiger partial charge in [-0.15, -0.1) is 5.10 Å². The van der Waals surface area contributed by atoms with Crippen LogP contribution in [0.25, 0.3) is 5.69 Å². The Morgan fingerprint density at radius 3 is 2.48 bits per heavy atom. The van der Waals surface area contributed by atoms with Crippen molar-refractivity contribution in [3.63, 3.8) is 0 Å². The molecule has 6 nitrogen and oxygen atoms in total. The largest absolute Gasteiger partial charge is 0.382 e. The lowest BCUT2D eigenvalue weighted by molar-refractivity contribution is 0.443. The van der Waals surface area contributed by atoms with Gasteiger partial charge in [0, 0.05) is 12.3 Å². The van der Waals surface area contributed by atoms with Crippen molar-refractivity contribution < 1.29 is 8.42 Å². The van der Waals surface area contributed by atoms with Crippen molar-refractivity contribution in [3.05, 3.63) is 30.3 Å². The summed E-state index contributed by atoms with van der Waals surface area (Å²) in [5, 5.41) is 7.56. The predicted molar refractivity (Wildman–Crippen MR) is 82.3 cm³/mol. The van der Waals surface area contributed by atoms with Crippen LogP contribution in [0.4, 0.5) is 11.6 Å². The van der Waals surface area contributed by atoms with Crippen LogP contribution in [-0.4, -0.2) is 30.5 Å². The molecule has 1 saturated carbocycles. The van der Waals surface area contributed by atoms with Gasteiger partial charge in [-0.05, 0) is 31.4 Å². The molecule has 0 bridgehead atoms. The number of rotatable bonds is 4. The Balaban J connectivity index is 2.10. The Kier molecular flexibility index (Phi) is 3.36. The topological polar surface area (TPSA) is 90.0 Å². The molecule has 0 amide bonds. The van der Waals surface area contributed by atoms with E-state index in [0.29, 0.717) is 5.82 Å². The lowest BCUT2D eigenvalue weighted by Crippen LogP contribution is -2.28. The van der Waals surface area contributed by atoms with Gasteiger partial charge in [0.05, 0.1) is 5.69 Å². The number of nitrogens with two attached hydrogens (primary N) is 1. The number of hydrogen-bond donors (Lipinski definition) is 2. The highest BCUT2D eigenvalue weighted by Gasteiger charge is 2.27. The first-order chi connectivity index (χ1) is 9.97. The number of para-hydroxylation sites is 1. The molecule has 0 radical (unpaired) electrons. The van der Waals surface area contributed by atoms with Gasteiger partial charge in [0.2, 0.25) is 0 Å². The van der Waals surface area contributed by atoms with Gasteiger partial charge in [-0.2, -0.15) is 0 Å². The lowest BCUT2D eigenvalue weighted by atomic mass is 9.93. The monoisotopic (exact) mass is 306 g/mol. The molecule has 0 unspecified atom stereocenters. The van der Waals surface area contributed by atoms with E-state index in [2.05, 4.69) is 10.4 Å². The van der Waals surface area contributed by atoms with Gasteiger partial charge in [-0.25, -0.2) is 13.1 Å². The molecule has 0 atom stereocenters. The molecule has 112 valence electrons. The summed E-state index contributed by atoms with van der Waals surface area (Å²) in [5.74, 6) is 0.495. The van der Waals surface area contributed by atoms with Gasteiger partial charge in [0.25, 0.3) is 0 Å². The third kappa shape index (κ3) is 2.61. The fourth-order valence-corrected chi connectivity index (χ4v) is 3.31. The Morgan fingerprint density at radius 1 is 1.29 bits per heavy atom. The van der Waals surface area contributed by atoms with Gasteiger partial charge >= 0.3 is 0 Å². The van der Waals surface area contributed by atoms with Crippen molar-refractivity contribution in [3.8, 4) is 5.69 Å². The Morgan fingerprint density at radius 2 is 1.95 bits per heavy atom. The maximum Gasteiger partial charge on any atom is 0.182 e. The summed E-state index contributed by atoms with van der Waals surface area (Å²) < 4.78 is 25.5. The fraction of sp³-hybridized carbons (Fsp3) is 0.357. The smallest absolute Gasteiger partial charge is 0.182 e. The number of nitrogen functional groups attached to an aromatic ring is 1. The van der Waals surface area contributed by atoms with E-state index < -0.39 is 9.84 Å². The quantitative estimate of drug-likeness (QED) is 0.899. The number of nitrogens with zero attached hydrogens (tertiary/aromatic N) is 2. The summed E-state index contributed by atoms with van der Waals surface area (Å²) in [7, 11) is -3.45. The minimum atomic E-state index is -3.45. The Hall–Kier alpha value is -2.02. The van der Waals surface area contributed by atoms with Crippen LogP contribution in [0.2, 0.25) is 0 Å². The van der Waals surface area contributed by atoms with E-state index in [4.69, 9.17) is 5.73 Å². The third-order valence-electron chi connectivity index (χ3n) is 3.69. The fourth-order valence-electron chi connectivity index (χ4n) is 2.39. The van der Waals surface area contributed by atoms with Crippen LogP contribution in [-0.2, 0) is 9.84 Å². The zero-order chi connectivity index (χ0) is 15.0. The van der Waals surface area contributed by atoms with Gasteiger partial charge in [-0.3, -0.25) is 0 Å². The van der Waals surface area contributed by atoms with E-state index in [1.54, 1.807) is 0 Å². The minimum Gasteiger partial charge on any atom is -0.382 e. The summed E-state index contributed by atoms with van der Waals surface area (Å²) in [6.07, 6.45) is 4.37. The molecule has 0 saturated heterocycles. The number of hydrogen-bond acceptors (Lipinski definition) is 5. The second-order valence-corrected chi connectivity index (χ2v) is 7.31. The van der Waals surface area contributed by atoms with E-state index >= 15 is 0 Å². The van der Waals surface area contributed by atoms with Crippen LogP contribution in [0, 0.1) is 0 Å². The van der Waals surface area contributed by atoms with Crippen LogP contribution >= 0.6 is 0 Å². The van der Waals surface area contributed by atoms with Crippen molar-refractivity contribution in [1.29, 1.82) is 0 Å². The summed E-state index contributed by atoms with van der Waals surface area (Å²) in [6, 6.07) is 9.55. The molecule has 1 fully saturated rings. The van der Waals surface area contributed by atoms with Crippen LogP contribution < -0.4 is 11.1 Å². The zero-order valence-corrected chi connectivity index (χ0v) is 12.6. The highest BCUT2D eigenvalue weighted by Crippen LogP contribution is 2.32. The van der Waals surface area contributed by atoms with E-state index in [9.17, 15) is 8.42 Å². The Labute approximate surface area is 123 Å². The van der Waals surface area contributed by atoms with E-state index in [1.165, 1.54) is 4.68 Å². The SMILES string of the molecule is CS(=O)(=O)c1c(NC2CCC2)nn(-c2ccccc2)c1N. The molecule has 1 aliphatic carbocycles. The molecular weight excluding hydrogens is 288 g/mol. The first-order valence-electron chi connectivity index (χ1n) is 6.87. The molecule has 1 aliphatic rings. The van der Waals surface area contributed by atoms with Crippen LogP contribution in [0.15, 0.2) is 35.2 Å². The number of aromatic nitrogens is 2. The molecular formula is C14H18N4O2S. The van der Waals surface area contributed by atoms with Crippen molar-refractivity contribution in [2.24, 2.45) is 0 Å². The molecule has 1 heterocycles. The van der Waals surface area contributed by atoms with Crippen LogP contribution in [0.5, 0.6) is 0 Å². The van der Waals surface area contributed by atoms with Crippen LogP contribution in [0.3, 0.4) is 0 Å². The van der Waals surface area contributed by atoms with Gasteiger partial charge < -0.3 is 11.1 Å². The average Bonchev–Trinajstić information content (AvgIpc) is 2.72. The molecule has 2 aromatic rings. The number of benzene rings is 1. The zero-order valence-electron chi connectivity index (χ0n) is 11.8. The van der Waals surface area contributed by atoms with Crippen molar-refractivity contribution in [2.75, 3.05) is 17.3 Å². The molecule has 1 aromatic carbocycles. The average molecular weight is 306 g/mol. The standard InChI is InChI=1S/C14H18N4O2S/c1-21(19,20)12-13(15)18(11-8-3-2-4-9-11)17-14(12)16-10-6-5-7-10/h2-4,8-10H,5-7,15H2,1H3,(H,16,17). The molecule has 3 N–H and O–H groups in total. The van der Waals surface area contributed by atoms with Crippen molar-refractivity contribution >= 4 is 21.5 Å². The van der Waals surface area contributed by atoms with E-state index in [0.717, 1.165) is 31.2 Å². The van der Waals surface area contributed by atoms with Gasteiger partial charge in [0.1, 0.15) is 5.82 Å². The molecule has 0 aliphatic heterocycles. The summed E-state index contributed by atoms with van der Waals surface area (Å²) in [4.78, 5) is 0.0817. The number of anilines is 2. The van der Waals surface area contributed by atoms with Crippen molar-refractivity contribution in [1.82, 2.24) is 9.78 Å². The maximum atomic E-state index is 12.0. The highest BCUT2D eigenvalue weighted by molar-refractivity contribution is 7.91. The first kappa shape index (κ1) is 13.9. The summed E-state index contributed by atoms with van der Waals surface area (Å²) in [6.45, 7) is 0.